The van der Waals surface area contributed by atoms with Crippen LogP contribution in [0, 0.1) is 5.21 Å². The van der Waals surface area contributed by atoms with Crippen molar-refractivity contribution in [3.63, 3.8) is 0 Å². The van der Waals surface area contributed by atoms with E-state index in [9.17, 15) is 5.21 Å². The van der Waals surface area contributed by atoms with Gasteiger partial charge in [0.15, 0.2) is 11.8 Å². The molecule has 16 heavy (non-hydrogen) atoms. The summed E-state index contributed by atoms with van der Waals surface area (Å²) in [5.41, 5.74) is 0.479. The Morgan fingerprint density at radius 1 is 1.25 bits per heavy atom. The Balaban J connectivity index is 2.83. The summed E-state index contributed by atoms with van der Waals surface area (Å²) < 4.78 is 6.29. The first-order valence-corrected chi connectivity index (χ1v) is 5.47. The number of benzene rings is 1. The number of rotatable bonds is 3. The van der Waals surface area contributed by atoms with Crippen LogP contribution < -0.4 is 4.74 Å². The maximum absolute atomic E-state index is 11.7. The number of hydrogen-bond donors (Lipinski definition) is 0. The van der Waals surface area contributed by atoms with Crippen LogP contribution in [0.5, 0.6) is 5.75 Å². The number of ether oxygens (including phenoxy) is 1. The standard InChI is InChI=1S/C13H19NO2/c1-5-16-12-8-6-11(7-9-12)10-14(15)13(2,3)4/h6-10H,5H2,1-4H3. The highest BCUT2D eigenvalue weighted by molar-refractivity contribution is 5.76. The van der Waals surface area contributed by atoms with Crippen LogP contribution >= 0.6 is 0 Å². The molecule has 0 bridgehead atoms. The van der Waals surface area contributed by atoms with Crippen LogP contribution in [0.2, 0.25) is 0 Å². The van der Waals surface area contributed by atoms with E-state index in [2.05, 4.69) is 0 Å². The lowest BCUT2D eigenvalue weighted by Gasteiger charge is -2.18. The molecule has 1 aromatic rings. The quantitative estimate of drug-likeness (QED) is 0.340. The minimum absolute atomic E-state index is 0.404. The molecule has 0 aliphatic heterocycles. The van der Waals surface area contributed by atoms with Crippen LogP contribution in [0.25, 0.3) is 0 Å². The van der Waals surface area contributed by atoms with Gasteiger partial charge in [-0.05, 0) is 31.2 Å². The minimum Gasteiger partial charge on any atom is -0.623 e. The summed E-state index contributed by atoms with van der Waals surface area (Å²) in [6, 6.07) is 7.49. The monoisotopic (exact) mass is 221 g/mol. The Hall–Kier alpha value is -1.51. The molecule has 0 unspecified atom stereocenters. The third kappa shape index (κ3) is 3.57. The summed E-state index contributed by atoms with van der Waals surface area (Å²) in [4.78, 5) is 0. The van der Waals surface area contributed by atoms with E-state index < -0.39 is 5.54 Å². The Morgan fingerprint density at radius 3 is 2.25 bits per heavy atom. The van der Waals surface area contributed by atoms with E-state index in [4.69, 9.17) is 4.74 Å². The van der Waals surface area contributed by atoms with Crippen molar-refractivity contribution in [2.45, 2.75) is 33.2 Å². The Morgan fingerprint density at radius 2 is 1.81 bits per heavy atom. The maximum atomic E-state index is 11.7. The first-order chi connectivity index (χ1) is 7.43. The van der Waals surface area contributed by atoms with E-state index >= 15 is 0 Å². The van der Waals surface area contributed by atoms with Gasteiger partial charge in [0, 0.05) is 26.3 Å². The normalized spacial score (nSPS) is 12.6. The SMILES string of the molecule is CCOc1ccc(C=[N+]([O-])C(C)(C)C)cc1. The first-order valence-electron chi connectivity index (χ1n) is 5.47. The molecule has 3 nitrogen and oxygen atoms in total. The molecule has 88 valence electrons. The van der Waals surface area contributed by atoms with Gasteiger partial charge in [-0.3, -0.25) is 0 Å². The predicted octanol–water partition coefficient (Wildman–Crippen LogP) is 2.81. The zero-order valence-corrected chi connectivity index (χ0v) is 10.4. The summed E-state index contributed by atoms with van der Waals surface area (Å²) in [5, 5.41) is 11.7. The van der Waals surface area contributed by atoms with E-state index in [0.29, 0.717) is 6.61 Å². The molecule has 0 radical (unpaired) electrons. The predicted molar refractivity (Wildman–Crippen MR) is 66.2 cm³/mol. The molecule has 0 heterocycles. The first kappa shape index (κ1) is 12.6. The average molecular weight is 221 g/mol. The van der Waals surface area contributed by atoms with Crippen molar-refractivity contribution in [1.29, 1.82) is 0 Å². The Bertz CT molecular complexity index is 361. The van der Waals surface area contributed by atoms with E-state index in [1.165, 1.54) is 0 Å². The fraction of sp³-hybridized carbons (Fsp3) is 0.462. The molecule has 0 atom stereocenters. The van der Waals surface area contributed by atoms with Crippen LogP contribution in [0.1, 0.15) is 33.3 Å². The largest absolute Gasteiger partial charge is 0.623 e. The van der Waals surface area contributed by atoms with Gasteiger partial charge in [-0.15, -0.1) is 0 Å². The van der Waals surface area contributed by atoms with Gasteiger partial charge in [0.05, 0.1) is 6.61 Å². The van der Waals surface area contributed by atoms with E-state index in [1.807, 2.05) is 52.0 Å². The summed E-state index contributed by atoms with van der Waals surface area (Å²) in [7, 11) is 0. The van der Waals surface area contributed by atoms with Crippen molar-refractivity contribution in [2.24, 2.45) is 0 Å². The zero-order valence-electron chi connectivity index (χ0n) is 10.4. The van der Waals surface area contributed by atoms with Crippen molar-refractivity contribution < 1.29 is 9.48 Å². The van der Waals surface area contributed by atoms with Gasteiger partial charge in [-0.25, -0.2) is 4.74 Å². The molecule has 3 heteroatoms. The minimum atomic E-state index is -0.404. The highest BCUT2D eigenvalue weighted by Gasteiger charge is 2.17. The molecule has 1 aromatic carbocycles. The van der Waals surface area contributed by atoms with Crippen LogP contribution in [0.3, 0.4) is 0 Å². The van der Waals surface area contributed by atoms with Gasteiger partial charge in [0.25, 0.3) is 0 Å². The van der Waals surface area contributed by atoms with Crippen molar-refractivity contribution >= 4 is 6.21 Å². The smallest absolute Gasteiger partial charge is 0.182 e. The van der Waals surface area contributed by atoms with Crippen LogP contribution in [0.15, 0.2) is 24.3 Å². The van der Waals surface area contributed by atoms with Crippen molar-refractivity contribution in [1.82, 2.24) is 0 Å². The summed E-state index contributed by atoms with van der Waals surface area (Å²) >= 11 is 0. The topological polar surface area (TPSA) is 35.3 Å². The maximum Gasteiger partial charge on any atom is 0.182 e. The fourth-order valence-corrected chi connectivity index (χ4v) is 1.15. The van der Waals surface area contributed by atoms with Crippen LogP contribution in [-0.4, -0.2) is 23.1 Å². The molecule has 0 amide bonds. The molecule has 0 fully saturated rings. The highest BCUT2D eigenvalue weighted by atomic mass is 16.5. The molecule has 0 saturated heterocycles. The summed E-state index contributed by atoms with van der Waals surface area (Å²) in [6.07, 6.45) is 1.59. The molecular weight excluding hydrogens is 202 g/mol. The Kier molecular flexibility index (Phi) is 3.93. The van der Waals surface area contributed by atoms with E-state index in [0.717, 1.165) is 16.1 Å². The van der Waals surface area contributed by atoms with Crippen molar-refractivity contribution in [2.75, 3.05) is 6.61 Å². The lowest BCUT2D eigenvalue weighted by molar-refractivity contribution is -0.530. The summed E-state index contributed by atoms with van der Waals surface area (Å²) in [5.74, 6) is 0.827. The number of hydroxylamine groups is 1. The Labute approximate surface area is 97.0 Å². The fourth-order valence-electron chi connectivity index (χ4n) is 1.15. The number of hydrogen-bond acceptors (Lipinski definition) is 2. The lowest BCUT2D eigenvalue weighted by atomic mass is 10.1. The van der Waals surface area contributed by atoms with Crippen molar-refractivity contribution in [3.8, 4) is 5.75 Å². The molecule has 0 aliphatic rings. The third-order valence-electron chi connectivity index (χ3n) is 2.12. The van der Waals surface area contributed by atoms with Gasteiger partial charge in [-0.2, -0.15) is 0 Å². The molecule has 0 saturated carbocycles. The van der Waals surface area contributed by atoms with Gasteiger partial charge in [0.2, 0.25) is 0 Å². The highest BCUT2D eigenvalue weighted by Crippen LogP contribution is 2.12. The second kappa shape index (κ2) is 5.01. The van der Waals surface area contributed by atoms with E-state index in [1.54, 1.807) is 6.21 Å². The van der Waals surface area contributed by atoms with Crippen molar-refractivity contribution in [3.05, 3.63) is 35.0 Å². The number of nitrogens with zero attached hydrogens (tertiary/aromatic N) is 1. The molecule has 0 N–H and O–H groups in total. The average Bonchev–Trinajstić information content (AvgIpc) is 2.20. The second-order valence-corrected chi connectivity index (χ2v) is 4.63. The molecule has 0 aromatic heterocycles. The van der Waals surface area contributed by atoms with Gasteiger partial charge >= 0.3 is 0 Å². The van der Waals surface area contributed by atoms with Crippen LogP contribution in [0.4, 0.5) is 0 Å². The van der Waals surface area contributed by atoms with Crippen LogP contribution in [-0.2, 0) is 0 Å². The third-order valence-corrected chi connectivity index (χ3v) is 2.12. The molecule has 1 rings (SSSR count). The molecular formula is C13H19NO2. The zero-order chi connectivity index (χ0) is 12.2. The van der Waals surface area contributed by atoms with Gasteiger partial charge in [-0.1, -0.05) is 0 Å². The van der Waals surface area contributed by atoms with Gasteiger partial charge < -0.3 is 9.94 Å². The van der Waals surface area contributed by atoms with Gasteiger partial charge in [0.1, 0.15) is 5.75 Å². The lowest BCUT2D eigenvalue weighted by Crippen LogP contribution is -2.29. The second-order valence-electron chi connectivity index (χ2n) is 4.63. The van der Waals surface area contributed by atoms with E-state index in [-0.39, 0.29) is 0 Å². The molecule has 0 aliphatic carbocycles. The summed E-state index contributed by atoms with van der Waals surface area (Å²) in [6.45, 7) is 8.24. The molecule has 0 spiro atoms.